The third kappa shape index (κ3) is 4.02. The lowest BCUT2D eigenvalue weighted by molar-refractivity contribution is -0.144. The first-order valence-corrected chi connectivity index (χ1v) is 8.79. The lowest BCUT2D eigenvalue weighted by Gasteiger charge is -2.08. The number of hydrogen-bond donors (Lipinski definition) is 1. The number of aromatic nitrogens is 2. The van der Waals surface area contributed by atoms with Crippen LogP contribution in [-0.4, -0.2) is 28.1 Å². The molecule has 0 bridgehead atoms. The van der Waals surface area contributed by atoms with Crippen LogP contribution in [0, 0.1) is 5.82 Å². The number of hydrogen-bond acceptors (Lipinski definition) is 5. The molecule has 3 rings (SSSR count). The summed E-state index contributed by atoms with van der Waals surface area (Å²) in [5, 5.41) is 2.87. The second-order valence-electron chi connectivity index (χ2n) is 5.38. The lowest BCUT2D eigenvalue weighted by atomic mass is 10.2. The molecule has 26 heavy (non-hydrogen) atoms. The number of ether oxygens (including phenoxy) is 1. The highest BCUT2D eigenvalue weighted by molar-refractivity contribution is 7.99. The Bertz CT molecular complexity index is 1060. The highest BCUT2D eigenvalue weighted by Gasteiger charge is 2.11. The third-order valence-electron chi connectivity index (χ3n) is 3.61. The molecule has 0 atom stereocenters. The predicted octanol–water partition coefficient (Wildman–Crippen LogP) is 2.16. The molecular weight excluding hydrogens is 359 g/mol. The van der Waals surface area contributed by atoms with Gasteiger partial charge in [-0.25, -0.2) is 9.07 Å². The molecule has 0 radical (unpaired) electrons. The fourth-order valence-corrected chi connectivity index (χ4v) is 3.17. The molecule has 0 saturated heterocycles. The maximum absolute atomic E-state index is 13.5. The average Bonchev–Trinajstić information content (AvgIpc) is 2.64. The molecular formula is C18H15FN2O4S. The van der Waals surface area contributed by atoms with Gasteiger partial charge in [-0.2, -0.15) is 0 Å². The van der Waals surface area contributed by atoms with Crippen molar-refractivity contribution in [3.8, 4) is 0 Å². The first-order chi connectivity index (χ1) is 12.6. The Morgan fingerprint density at radius 1 is 1.08 bits per heavy atom. The van der Waals surface area contributed by atoms with Gasteiger partial charge in [0, 0.05) is 10.6 Å². The minimum absolute atomic E-state index is 0.0599. The molecule has 0 saturated carbocycles. The molecule has 0 spiro atoms. The van der Waals surface area contributed by atoms with E-state index in [-0.39, 0.29) is 23.2 Å². The maximum Gasteiger partial charge on any atom is 0.327 e. The van der Waals surface area contributed by atoms with Crippen LogP contribution in [0.5, 0.6) is 0 Å². The maximum atomic E-state index is 13.5. The Balaban J connectivity index is 1.59. The Morgan fingerprint density at radius 3 is 2.54 bits per heavy atom. The summed E-state index contributed by atoms with van der Waals surface area (Å²) in [5.74, 6) is -0.619. The van der Waals surface area contributed by atoms with Gasteiger partial charge in [0.05, 0.1) is 10.8 Å². The smallest absolute Gasteiger partial charge is 0.327 e. The van der Waals surface area contributed by atoms with Gasteiger partial charge < -0.3 is 4.74 Å². The van der Waals surface area contributed by atoms with Crippen molar-refractivity contribution in [2.24, 2.45) is 0 Å². The van der Waals surface area contributed by atoms with Crippen molar-refractivity contribution < 1.29 is 13.9 Å². The summed E-state index contributed by atoms with van der Waals surface area (Å²) >= 11 is 1.22. The summed E-state index contributed by atoms with van der Waals surface area (Å²) in [6.07, 6.45) is 0. The lowest BCUT2D eigenvalue weighted by Crippen LogP contribution is -2.33. The van der Waals surface area contributed by atoms with E-state index in [9.17, 15) is 18.8 Å². The summed E-state index contributed by atoms with van der Waals surface area (Å²) in [4.78, 5) is 36.7. The molecule has 1 N–H and O–H groups in total. The van der Waals surface area contributed by atoms with Crippen molar-refractivity contribution in [3.05, 3.63) is 75.1 Å². The number of carbonyl (C=O) groups is 1. The zero-order valence-corrected chi connectivity index (χ0v) is 14.4. The number of fused-ring (bicyclic) bond motifs is 1. The van der Waals surface area contributed by atoms with E-state index >= 15 is 0 Å². The quantitative estimate of drug-likeness (QED) is 0.406. The van der Waals surface area contributed by atoms with Gasteiger partial charge in [0.15, 0.2) is 0 Å². The van der Waals surface area contributed by atoms with Crippen LogP contribution in [0.25, 0.3) is 10.8 Å². The van der Waals surface area contributed by atoms with E-state index in [1.54, 1.807) is 30.3 Å². The summed E-state index contributed by atoms with van der Waals surface area (Å²) in [6, 6.07) is 12.7. The van der Waals surface area contributed by atoms with Crippen LogP contribution >= 0.6 is 11.8 Å². The second kappa shape index (κ2) is 8.01. The van der Waals surface area contributed by atoms with Crippen molar-refractivity contribution in [1.82, 2.24) is 9.78 Å². The van der Waals surface area contributed by atoms with E-state index < -0.39 is 23.6 Å². The van der Waals surface area contributed by atoms with Gasteiger partial charge >= 0.3 is 5.97 Å². The van der Waals surface area contributed by atoms with Crippen molar-refractivity contribution in [2.75, 3.05) is 12.4 Å². The monoisotopic (exact) mass is 374 g/mol. The van der Waals surface area contributed by atoms with Crippen LogP contribution in [0.15, 0.2) is 63.0 Å². The fraction of sp³-hybridized carbons (Fsp3) is 0.167. The number of nitrogens with zero attached hydrogens (tertiary/aromatic N) is 1. The number of benzene rings is 2. The molecule has 0 amide bonds. The Kier molecular flexibility index (Phi) is 5.52. The molecule has 1 aromatic heterocycles. The minimum atomic E-state index is -0.660. The van der Waals surface area contributed by atoms with Crippen LogP contribution in [0.1, 0.15) is 0 Å². The molecule has 1 heterocycles. The molecule has 3 aromatic rings. The molecule has 134 valence electrons. The van der Waals surface area contributed by atoms with Crippen LogP contribution < -0.4 is 11.1 Å². The molecule has 6 nitrogen and oxygen atoms in total. The SMILES string of the molecule is O=C(Cn1[nH]c(=O)c2ccccc2c1=O)OCCSc1ccccc1F. The number of rotatable bonds is 6. The Morgan fingerprint density at radius 2 is 1.77 bits per heavy atom. The summed E-state index contributed by atoms with van der Waals surface area (Å²) < 4.78 is 19.5. The first kappa shape index (κ1) is 17.9. The topological polar surface area (TPSA) is 81.2 Å². The summed E-state index contributed by atoms with van der Waals surface area (Å²) in [6.45, 7) is -0.340. The van der Waals surface area contributed by atoms with Gasteiger partial charge in [0.2, 0.25) is 0 Å². The largest absolute Gasteiger partial charge is 0.463 e. The Hall–Kier alpha value is -2.87. The van der Waals surface area contributed by atoms with Gasteiger partial charge in [-0.15, -0.1) is 11.8 Å². The number of halogens is 1. The van der Waals surface area contributed by atoms with Gasteiger partial charge in [-0.3, -0.25) is 19.5 Å². The molecule has 0 aliphatic rings. The fourth-order valence-electron chi connectivity index (χ4n) is 2.40. The zero-order valence-electron chi connectivity index (χ0n) is 13.6. The Labute approximate surface area is 151 Å². The first-order valence-electron chi connectivity index (χ1n) is 7.81. The van der Waals surface area contributed by atoms with Crippen LogP contribution in [0.3, 0.4) is 0 Å². The standard InChI is InChI=1S/C18H15FN2O4S/c19-14-7-3-4-8-15(14)26-10-9-25-16(22)11-21-18(24)13-6-2-1-5-12(13)17(23)20-21/h1-8H,9-11H2,(H,20,23). The van der Waals surface area contributed by atoms with Crippen LogP contribution in [0.2, 0.25) is 0 Å². The molecule has 0 aliphatic carbocycles. The van der Waals surface area contributed by atoms with Gasteiger partial charge in [-0.05, 0) is 24.3 Å². The number of carbonyl (C=O) groups excluding carboxylic acids is 1. The van der Waals surface area contributed by atoms with Crippen molar-refractivity contribution >= 4 is 28.5 Å². The highest BCUT2D eigenvalue weighted by Crippen LogP contribution is 2.20. The van der Waals surface area contributed by atoms with E-state index in [1.807, 2.05) is 0 Å². The molecule has 0 fully saturated rings. The van der Waals surface area contributed by atoms with E-state index in [2.05, 4.69) is 5.10 Å². The number of H-pyrrole nitrogens is 1. The van der Waals surface area contributed by atoms with Crippen molar-refractivity contribution in [2.45, 2.75) is 11.4 Å². The second-order valence-corrected chi connectivity index (χ2v) is 6.51. The molecule has 0 unspecified atom stereocenters. The van der Waals surface area contributed by atoms with Gasteiger partial charge in [0.1, 0.15) is 19.0 Å². The zero-order chi connectivity index (χ0) is 18.5. The van der Waals surface area contributed by atoms with Crippen molar-refractivity contribution in [3.63, 3.8) is 0 Å². The van der Waals surface area contributed by atoms with Crippen molar-refractivity contribution in [1.29, 1.82) is 0 Å². The van der Waals surface area contributed by atoms with Gasteiger partial charge in [-0.1, -0.05) is 24.3 Å². The van der Waals surface area contributed by atoms with E-state index in [0.29, 0.717) is 10.6 Å². The highest BCUT2D eigenvalue weighted by atomic mass is 32.2. The van der Waals surface area contributed by atoms with E-state index in [1.165, 1.54) is 30.0 Å². The van der Waals surface area contributed by atoms with E-state index in [4.69, 9.17) is 4.74 Å². The van der Waals surface area contributed by atoms with E-state index in [0.717, 1.165) is 4.68 Å². The van der Waals surface area contributed by atoms with Crippen LogP contribution in [-0.2, 0) is 16.1 Å². The number of aromatic amines is 1. The predicted molar refractivity (Wildman–Crippen MR) is 96.9 cm³/mol. The third-order valence-corrected chi connectivity index (χ3v) is 4.62. The summed E-state index contributed by atoms with van der Waals surface area (Å²) in [5.41, 5.74) is -0.930. The number of nitrogens with one attached hydrogen (secondary N) is 1. The molecule has 8 heteroatoms. The summed E-state index contributed by atoms with van der Waals surface area (Å²) in [7, 11) is 0. The van der Waals surface area contributed by atoms with Crippen LogP contribution in [0.4, 0.5) is 4.39 Å². The van der Waals surface area contributed by atoms with Gasteiger partial charge in [0.25, 0.3) is 11.1 Å². The molecule has 2 aromatic carbocycles. The average molecular weight is 374 g/mol. The number of esters is 1. The minimum Gasteiger partial charge on any atom is -0.463 e. The number of thioether (sulfide) groups is 1. The normalized spacial score (nSPS) is 10.8. The molecule has 0 aliphatic heterocycles.